The van der Waals surface area contributed by atoms with Crippen LogP contribution in [0.5, 0.6) is 0 Å². The number of nitrogen functional groups attached to an aromatic ring is 1. The Morgan fingerprint density at radius 3 is 2.63 bits per heavy atom. The number of nitrogens with two attached hydrogens (primary N) is 1. The summed E-state index contributed by atoms with van der Waals surface area (Å²) in [5, 5.41) is 22.8. The molecule has 0 saturated carbocycles. The number of aromatic nitrogens is 2. The monoisotopic (exact) mass is 262 g/mol. The number of benzene rings is 1. The summed E-state index contributed by atoms with van der Waals surface area (Å²) in [5.74, 6) is 0.558. The third kappa shape index (κ3) is 2.59. The van der Waals surface area contributed by atoms with Gasteiger partial charge < -0.3 is 21.3 Å². The quantitative estimate of drug-likeness (QED) is 0.593. The zero-order chi connectivity index (χ0) is 13.9. The molecule has 19 heavy (non-hydrogen) atoms. The summed E-state index contributed by atoms with van der Waals surface area (Å²) in [6.45, 7) is 1.51. The Balaban J connectivity index is 2.47. The van der Waals surface area contributed by atoms with Gasteiger partial charge in [0, 0.05) is 11.1 Å². The molecular formula is C13H18N4O2. The highest BCUT2D eigenvalue weighted by Gasteiger charge is 2.27. The standard InChI is InChI=1S/C13H18N4O2/c1-2-13(6-18,7-19)17-12-10-5-9(14)3-4-11(10)15-8-16-12/h3-5,8,18-19H,2,6-7,14H2,1H3,(H,15,16,17). The molecule has 0 fully saturated rings. The van der Waals surface area contributed by atoms with Crippen molar-refractivity contribution in [1.82, 2.24) is 9.97 Å². The number of nitrogens with zero attached hydrogens (tertiary/aromatic N) is 2. The normalized spacial score (nSPS) is 11.7. The number of fused-ring (bicyclic) bond motifs is 1. The smallest absolute Gasteiger partial charge is 0.137 e. The van der Waals surface area contributed by atoms with Crippen LogP contribution in [-0.4, -0.2) is 38.9 Å². The van der Waals surface area contributed by atoms with E-state index < -0.39 is 5.54 Å². The van der Waals surface area contributed by atoms with Crippen molar-refractivity contribution in [2.75, 3.05) is 24.3 Å². The van der Waals surface area contributed by atoms with Crippen LogP contribution in [0.25, 0.3) is 10.9 Å². The number of nitrogens with one attached hydrogen (secondary N) is 1. The van der Waals surface area contributed by atoms with Crippen LogP contribution in [-0.2, 0) is 0 Å². The van der Waals surface area contributed by atoms with Crippen LogP contribution >= 0.6 is 0 Å². The van der Waals surface area contributed by atoms with Crippen molar-refractivity contribution in [3.8, 4) is 0 Å². The highest BCUT2D eigenvalue weighted by molar-refractivity contribution is 5.91. The van der Waals surface area contributed by atoms with E-state index in [0.717, 1.165) is 10.9 Å². The van der Waals surface area contributed by atoms with Gasteiger partial charge >= 0.3 is 0 Å². The van der Waals surface area contributed by atoms with E-state index in [9.17, 15) is 10.2 Å². The molecule has 2 rings (SSSR count). The second kappa shape index (κ2) is 5.38. The van der Waals surface area contributed by atoms with Crippen LogP contribution in [0.4, 0.5) is 11.5 Å². The van der Waals surface area contributed by atoms with Gasteiger partial charge in [0.2, 0.25) is 0 Å². The molecule has 0 aliphatic carbocycles. The van der Waals surface area contributed by atoms with E-state index in [1.54, 1.807) is 12.1 Å². The lowest BCUT2D eigenvalue weighted by Gasteiger charge is -2.30. The van der Waals surface area contributed by atoms with Crippen LogP contribution in [0.15, 0.2) is 24.5 Å². The molecule has 0 spiro atoms. The Bertz CT molecular complexity index is 561. The van der Waals surface area contributed by atoms with E-state index in [0.29, 0.717) is 17.9 Å². The predicted octanol–water partition coefficient (Wildman–Crippen LogP) is 0.757. The Hall–Kier alpha value is -1.92. The van der Waals surface area contributed by atoms with Gasteiger partial charge in [0.1, 0.15) is 12.1 Å². The fourth-order valence-electron chi connectivity index (χ4n) is 1.87. The molecule has 5 N–H and O–H groups in total. The number of anilines is 2. The summed E-state index contributed by atoms with van der Waals surface area (Å²) in [7, 11) is 0. The zero-order valence-corrected chi connectivity index (χ0v) is 10.8. The topological polar surface area (TPSA) is 104 Å². The molecule has 102 valence electrons. The maximum absolute atomic E-state index is 9.47. The third-order valence-corrected chi connectivity index (χ3v) is 3.33. The average molecular weight is 262 g/mol. The number of hydrogen-bond donors (Lipinski definition) is 4. The Kier molecular flexibility index (Phi) is 3.82. The summed E-state index contributed by atoms with van der Waals surface area (Å²) in [6, 6.07) is 5.35. The van der Waals surface area contributed by atoms with Crippen LogP contribution < -0.4 is 11.1 Å². The van der Waals surface area contributed by atoms with Gasteiger partial charge in [0.15, 0.2) is 0 Å². The summed E-state index contributed by atoms with van der Waals surface area (Å²) in [6.07, 6.45) is 2.00. The largest absolute Gasteiger partial charge is 0.399 e. The van der Waals surface area contributed by atoms with Crippen molar-refractivity contribution < 1.29 is 10.2 Å². The first-order valence-electron chi connectivity index (χ1n) is 6.14. The van der Waals surface area contributed by atoms with Crippen molar-refractivity contribution in [3.63, 3.8) is 0 Å². The number of aliphatic hydroxyl groups excluding tert-OH is 2. The molecule has 0 atom stereocenters. The summed E-state index contributed by atoms with van der Waals surface area (Å²) in [5.41, 5.74) is 6.34. The fraction of sp³-hybridized carbons (Fsp3) is 0.385. The van der Waals surface area contributed by atoms with Gasteiger partial charge in [-0.3, -0.25) is 0 Å². The summed E-state index contributed by atoms with van der Waals surface area (Å²) < 4.78 is 0. The average Bonchev–Trinajstić information content (AvgIpc) is 2.45. The molecule has 1 aromatic carbocycles. The van der Waals surface area contributed by atoms with Gasteiger partial charge in [-0.05, 0) is 24.6 Å². The van der Waals surface area contributed by atoms with Crippen LogP contribution in [0.3, 0.4) is 0 Å². The van der Waals surface area contributed by atoms with E-state index in [2.05, 4.69) is 15.3 Å². The first-order valence-corrected chi connectivity index (χ1v) is 6.14. The van der Waals surface area contributed by atoms with Crippen LogP contribution in [0.2, 0.25) is 0 Å². The van der Waals surface area contributed by atoms with Crippen molar-refractivity contribution in [2.24, 2.45) is 0 Å². The van der Waals surface area contributed by atoms with E-state index >= 15 is 0 Å². The highest BCUT2D eigenvalue weighted by Crippen LogP contribution is 2.25. The van der Waals surface area contributed by atoms with Crippen LogP contribution in [0.1, 0.15) is 13.3 Å². The zero-order valence-electron chi connectivity index (χ0n) is 10.8. The molecule has 6 heteroatoms. The number of aliphatic hydroxyl groups is 2. The lowest BCUT2D eigenvalue weighted by Crippen LogP contribution is -2.45. The molecule has 0 saturated heterocycles. The van der Waals surface area contributed by atoms with Gasteiger partial charge in [-0.1, -0.05) is 6.92 Å². The molecule has 1 heterocycles. The number of rotatable bonds is 5. The maximum atomic E-state index is 9.47. The van der Waals surface area contributed by atoms with Gasteiger partial charge in [-0.25, -0.2) is 9.97 Å². The first kappa shape index (κ1) is 13.5. The second-order valence-corrected chi connectivity index (χ2v) is 4.57. The molecule has 0 radical (unpaired) electrons. The molecule has 0 bridgehead atoms. The lowest BCUT2D eigenvalue weighted by molar-refractivity contribution is 0.132. The Morgan fingerprint density at radius 1 is 1.26 bits per heavy atom. The molecule has 2 aromatic rings. The minimum Gasteiger partial charge on any atom is -0.399 e. The third-order valence-electron chi connectivity index (χ3n) is 3.33. The van der Waals surface area contributed by atoms with Crippen molar-refractivity contribution in [3.05, 3.63) is 24.5 Å². The van der Waals surface area contributed by atoms with Crippen LogP contribution in [0, 0.1) is 0 Å². The van der Waals surface area contributed by atoms with E-state index in [4.69, 9.17) is 5.73 Å². The Labute approximate surface area is 111 Å². The summed E-state index contributed by atoms with van der Waals surface area (Å²) in [4.78, 5) is 8.34. The minimum absolute atomic E-state index is 0.187. The molecule has 6 nitrogen and oxygen atoms in total. The fourth-order valence-corrected chi connectivity index (χ4v) is 1.87. The van der Waals surface area contributed by atoms with Gasteiger partial charge in [0.05, 0.1) is 24.3 Å². The lowest BCUT2D eigenvalue weighted by atomic mass is 9.98. The Morgan fingerprint density at radius 2 is 2.00 bits per heavy atom. The first-order chi connectivity index (χ1) is 9.14. The number of hydrogen-bond acceptors (Lipinski definition) is 6. The minimum atomic E-state index is -0.800. The predicted molar refractivity (Wildman–Crippen MR) is 74.8 cm³/mol. The molecule has 0 aliphatic rings. The molecule has 0 unspecified atom stereocenters. The highest BCUT2D eigenvalue weighted by atomic mass is 16.3. The van der Waals surface area contributed by atoms with Crippen molar-refractivity contribution >= 4 is 22.4 Å². The molecule has 0 amide bonds. The van der Waals surface area contributed by atoms with Crippen molar-refractivity contribution in [1.29, 1.82) is 0 Å². The molecule has 0 aliphatic heterocycles. The van der Waals surface area contributed by atoms with Gasteiger partial charge in [-0.2, -0.15) is 0 Å². The van der Waals surface area contributed by atoms with Gasteiger partial charge in [0.25, 0.3) is 0 Å². The molecule has 1 aromatic heterocycles. The van der Waals surface area contributed by atoms with E-state index in [1.807, 2.05) is 13.0 Å². The molecular weight excluding hydrogens is 244 g/mol. The summed E-state index contributed by atoms with van der Waals surface area (Å²) >= 11 is 0. The van der Waals surface area contributed by atoms with Crippen molar-refractivity contribution in [2.45, 2.75) is 18.9 Å². The van der Waals surface area contributed by atoms with Gasteiger partial charge in [-0.15, -0.1) is 0 Å². The van der Waals surface area contributed by atoms with E-state index in [1.165, 1.54) is 6.33 Å². The van der Waals surface area contributed by atoms with E-state index in [-0.39, 0.29) is 13.2 Å². The maximum Gasteiger partial charge on any atom is 0.137 e. The SMILES string of the molecule is CCC(CO)(CO)Nc1ncnc2ccc(N)cc12. The second-order valence-electron chi connectivity index (χ2n) is 4.57.